The molecule has 2 heterocycles. The molecule has 30 heavy (non-hydrogen) atoms. The molecule has 1 fully saturated rings. The van der Waals surface area contributed by atoms with Gasteiger partial charge in [-0.25, -0.2) is 14.4 Å². The molecule has 3 aromatic rings. The molecule has 0 bridgehead atoms. The van der Waals surface area contributed by atoms with Crippen molar-refractivity contribution in [1.29, 1.82) is 0 Å². The molecule has 0 saturated carbocycles. The molecule has 6 nitrogen and oxygen atoms in total. The van der Waals surface area contributed by atoms with Crippen molar-refractivity contribution in [3.63, 3.8) is 0 Å². The van der Waals surface area contributed by atoms with Crippen LogP contribution < -0.4 is 15.0 Å². The first-order valence-electron chi connectivity index (χ1n) is 9.65. The highest BCUT2D eigenvalue weighted by molar-refractivity contribution is 9.10. The minimum absolute atomic E-state index is 0.171. The van der Waals surface area contributed by atoms with Gasteiger partial charge in [0.1, 0.15) is 11.6 Å². The Morgan fingerprint density at radius 1 is 1.10 bits per heavy atom. The Morgan fingerprint density at radius 2 is 1.83 bits per heavy atom. The Balaban J connectivity index is 1.39. The number of piperidine rings is 1. The number of hydrogen-bond acceptors (Lipinski definition) is 5. The predicted octanol–water partition coefficient (Wildman–Crippen LogP) is 5.03. The number of ether oxygens (including phenoxy) is 1. The topological polar surface area (TPSA) is 67.4 Å². The molecule has 0 radical (unpaired) electrons. The minimum atomic E-state index is -0.461. The zero-order valence-electron chi connectivity index (χ0n) is 16.1. The van der Waals surface area contributed by atoms with Gasteiger partial charge in [-0.05, 0) is 43.2 Å². The van der Waals surface area contributed by atoms with Crippen molar-refractivity contribution in [1.82, 2.24) is 9.97 Å². The Bertz CT molecular complexity index is 1030. The van der Waals surface area contributed by atoms with Crippen LogP contribution in [-0.4, -0.2) is 29.0 Å². The van der Waals surface area contributed by atoms with Gasteiger partial charge < -0.3 is 15.0 Å². The Labute approximate surface area is 182 Å². The molecule has 0 spiro atoms. The van der Waals surface area contributed by atoms with Crippen molar-refractivity contribution < 1.29 is 13.9 Å². The summed E-state index contributed by atoms with van der Waals surface area (Å²) in [6.07, 6.45) is 4.48. The summed E-state index contributed by atoms with van der Waals surface area (Å²) >= 11 is 3.21. The van der Waals surface area contributed by atoms with E-state index in [9.17, 15) is 9.18 Å². The molecule has 1 aliphatic heterocycles. The third kappa shape index (κ3) is 4.76. The van der Waals surface area contributed by atoms with E-state index < -0.39 is 5.82 Å². The van der Waals surface area contributed by atoms with Crippen molar-refractivity contribution in [2.45, 2.75) is 12.8 Å². The van der Waals surface area contributed by atoms with E-state index in [1.54, 1.807) is 24.5 Å². The predicted molar refractivity (Wildman–Crippen MR) is 116 cm³/mol. The summed E-state index contributed by atoms with van der Waals surface area (Å²) in [7, 11) is 0. The fourth-order valence-electron chi connectivity index (χ4n) is 3.39. The molecule has 4 rings (SSSR count). The summed E-state index contributed by atoms with van der Waals surface area (Å²) < 4.78 is 20.5. The zero-order valence-corrected chi connectivity index (χ0v) is 17.7. The average Bonchev–Trinajstić information content (AvgIpc) is 2.77. The van der Waals surface area contributed by atoms with E-state index in [-0.39, 0.29) is 17.5 Å². The Morgan fingerprint density at radius 3 is 2.57 bits per heavy atom. The van der Waals surface area contributed by atoms with E-state index >= 15 is 0 Å². The second-order valence-electron chi connectivity index (χ2n) is 6.97. The summed E-state index contributed by atoms with van der Waals surface area (Å²) in [5.74, 6) is 0.945. The fourth-order valence-corrected chi connectivity index (χ4v) is 3.72. The number of aromatic nitrogens is 2. The molecule has 1 amide bonds. The average molecular weight is 471 g/mol. The van der Waals surface area contributed by atoms with Crippen LogP contribution >= 0.6 is 15.9 Å². The quantitative estimate of drug-likeness (QED) is 0.566. The van der Waals surface area contributed by atoms with Crippen molar-refractivity contribution in [2.24, 2.45) is 5.92 Å². The van der Waals surface area contributed by atoms with Gasteiger partial charge >= 0.3 is 0 Å². The van der Waals surface area contributed by atoms with Crippen LogP contribution in [0.15, 0.2) is 65.4 Å². The van der Waals surface area contributed by atoms with Gasteiger partial charge in [-0.1, -0.05) is 34.1 Å². The molecule has 1 aliphatic rings. The fraction of sp³-hybridized carbons (Fsp3) is 0.227. The normalized spacial score (nSPS) is 14.4. The molecule has 0 unspecified atom stereocenters. The van der Waals surface area contributed by atoms with E-state index in [2.05, 4.69) is 36.1 Å². The number of carbonyl (C=O) groups excluding carboxylic acids is 1. The number of benzene rings is 2. The zero-order chi connectivity index (χ0) is 20.9. The van der Waals surface area contributed by atoms with E-state index in [0.717, 1.165) is 0 Å². The second-order valence-corrected chi connectivity index (χ2v) is 7.89. The highest BCUT2D eigenvalue weighted by Gasteiger charge is 2.28. The van der Waals surface area contributed by atoms with Gasteiger partial charge in [0, 0.05) is 35.9 Å². The van der Waals surface area contributed by atoms with Gasteiger partial charge in [0.05, 0.1) is 5.69 Å². The Hall–Kier alpha value is -3.00. The summed E-state index contributed by atoms with van der Waals surface area (Å²) in [5, 5.41) is 2.70. The third-order valence-electron chi connectivity index (χ3n) is 4.96. The largest absolute Gasteiger partial charge is 0.436 e. The van der Waals surface area contributed by atoms with Crippen LogP contribution in [0.4, 0.5) is 15.9 Å². The lowest BCUT2D eigenvalue weighted by molar-refractivity contribution is -0.120. The van der Waals surface area contributed by atoms with E-state index in [1.807, 2.05) is 30.3 Å². The molecule has 0 aliphatic carbocycles. The van der Waals surface area contributed by atoms with Crippen LogP contribution in [0, 0.1) is 11.7 Å². The summed E-state index contributed by atoms with van der Waals surface area (Å²) in [5.41, 5.74) is 0.193. The Kier molecular flexibility index (Phi) is 6.23. The number of halogens is 2. The lowest BCUT2D eigenvalue weighted by atomic mass is 9.96. The first-order chi connectivity index (χ1) is 14.6. The van der Waals surface area contributed by atoms with Crippen LogP contribution in [-0.2, 0) is 4.79 Å². The number of nitrogens with one attached hydrogen (secondary N) is 1. The van der Waals surface area contributed by atoms with Crippen LogP contribution in [0.25, 0.3) is 0 Å². The monoisotopic (exact) mass is 470 g/mol. The molecular weight excluding hydrogens is 451 g/mol. The molecule has 0 atom stereocenters. The summed E-state index contributed by atoms with van der Waals surface area (Å²) in [4.78, 5) is 23.4. The maximum Gasteiger partial charge on any atom is 0.263 e. The highest BCUT2D eigenvalue weighted by atomic mass is 79.9. The summed E-state index contributed by atoms with van der Waals surface area (Å²) in [6.45, 7) is 1.26. The lowest BCUT2D eigenvalue weighted by Crippen LogP contribution is -2.38. The SMILES string of the molecule is O=C(Nc1ccc(Br)cc1F)C1CCN(c2nccnc2Oc2ccccc2)CC1. The van der Waals surface area contributed by atoms with Gasteiger partial charge in [0.25, 0.3) is 5.88 Å². The van der Waals surface area contributed by atoms with Crippen LogP contribution in [0.3, 0.4) is 0 Å². The number of anilines is 2. The van der Waals surface area contributed by atoms with E-state index in [0.29, 0.717) is 47.9 Å². The standard InChI is InChI=1S/C22H20BrFN4O2/c23-16-6-7-19(18(24)14-16)27-21(29)15-8-12-28(13-9-15)20-22(26-11-10-25-20)30-17-4-2-1-3-5-17/h1-7,10-11,14-15H,8-9,12-13H2,(H,27,29). The summed E-state index contributed by atoms with van der Waals surface area (Å²) in [6, 6.07) is 14.0. The molecular formula is C22H20BrFN4O2. The minimum Gasteiger partial charge on any atom is -0.436 e. The van der Waals surface area contributed by atoms with Gasteiger partial charge in [-0.15, -0.1) is 0 Å². The van der Waals surface area contributed by atoms with Crippen molar-refractivity contribution >= 4 is 33.3 Å². The van der Waals surface area contributed by atoms with Crippen LogP contribution in [0.5, 0.6) is 11.6 Å². The van der Waals surface area contributed by atoms with Gasteiger partial charge in [0.15, 0.2) is 5.82 Å². The maximum absolute atomic E-state index is 14.0. The van der Waals surface area contributed by atoms with Crippen molar-refractivity contribution in [3.05, 3.63) is 71.2 Å². The first kappa shape index (κ1) is 20.3. The maximum atomic E-state index is 14.0. The van der Waals surface area contributed by atoms with Gasteiger partial charge in [-0.2, -0.15) is 0 Å². The number of rotatable bonds is 5. The molecule has 1 saturated heterocycles. The first-order valence-corrected chi connectivity index (χ1v) is 10.4. The molecule has 1 aromatic heterocycles. The third-order valence-corrected chi connectivity index (χ3v) is 5.45. The number of amides is 1. The van der Waals surface area contributed by atoms with Gasteiger partial charge in [0.2, 0.25) is 5.91 Å². The number of nitrogens with zero attached hydrogens (tertiary/aromatic N) is 3. The number of hydrogen-bond donors (Lipinski definition) is 1. The van der Waals surface area contributed by atoms with Crippen molar-refractivity contribution in [2.75, 3.05) is 23.3 Å². The molecule has 2 aromatic carbocycles. The molecule has 1 N–H and O–H groups in total. The van der Waals surface area contributed by atoms with Gasteiger partial charge in [-0.3, -0.25) is 4.79 Å². The van der Waals surface area contributed by atoms with E-state index in [1.165, 1.54) is 6.07 Å². The smallest absolute Gasteiger partial charge is 0.263 e. The van der Waals surface area contributed by atoms with Crippen molar-refractivity contribution in [3.8, 4) is 11.6 Å². The second kappa shape index (κ2) is 9.21. The van der Waals surface area contributed by atoms with E-state index in [4.69, 9.17) is 4.74 Å². The number of para-hydroxylation sites is 1. The van der Waals surface area contributed by atoms with Crippen LogP contribution in [0.1, 0.15) is 12.8 Å². The number of carbonyl (C=O) groups is 1. The molecule has 154 valence electrons. The highest BCUT2D eigenvalue weighted by Crippen LogP contribution is 2.31. The lowest BCUT2D eigenvalue weighted by Gasteiger charge is -2.32. The van der Waals surface area contributed by atoms with Crippen LogP contribution in [0.2, 0.25) is 0 Å². The molecule has 8 heteroatoms.